The van der Waals surface area contributed by atoms with Crippen LogP contribution in [0.15, 0.2) is 6.07 Å². The van der Waals surface area contributed by atoms with Crippen molar-refractivity contribution in [3.05, 3.63) is 17.3 Å². The minimum atomic E-state index is -4.92. The van der Waals surface area contributed by atoms with Crippen LogP contribution in [-0.4, -0.2) is 31.5 Å². The minimum absolute atomic E-state index is 0.193. The zero-order valence-electron chi connectivity index (χ0n) is 10.1. The van der Waals surface area contributed by atoms with Crippen molar-refractivity contribution in [2.45, 2.75) is 12.9 Å². The highest BCUT2D eigenvalue weighted by Crippen LogP contribution is 2.30. The van der Waals surface area contributed by atoms with Crippen molar-refractivity contribution in [1.82, 2.24) is 4.98 Å². The van der Waals surface area contributed by atoms with Crippen LogP contribution in [0.25, 0.3) is 0 Å². The Morgan fingerprint density at radius 3 is 2.47 bits per heavy atom. The number of esters is 1. The van der Waals surface area contributed by atoms with Gasteiger partial charge in [0.15, 0.2) is 5.75 Å². The largest absolute Gasteiger partial charge is 0.573 e. The molecule has 0 saturated heterocycles. The van der Waals surface area contributed by atoms with Gasteiger partial charge in [-0.05, 0) is 0 Å². The first kappa shape index (κ1) is 15.0. The van der Waals surface area contributed by atoms with Crippen LogP contribution in [0.3, 0.4) is 0 Å². The lowest BCUT2D eigenvalue weighted by Crippen LogP contribution is -2.20. The standard InChI is InChI=1S/C10H11F3N2O4/c1-17-8-5(9(16)18-2)3-7(6(4-14)15-8)19-10(11,12)13/h3H,4,14H2,1-2H3. The summed E-state index contributed by atoms with van der Waals surface area (Å²) in [7, 11) is 2.28. The summed E-state index contributed by atoms with van der Waals surface area (Å²) >= 11 is 0. The average Bonchev–Trinajstić information content (AvgIpc) is 2.35. The molecule has 19 heavy (non-hydrogen) atoms. The summed E-state index contributed by atoms with van der Waals surface area (Å²) in [6.45, 7) is -0.316. The average molecular weight is 280 g/mol. The molecule has 1 rings (SSSR count). The number of hydrogen-bond acceptors (Lipinski definition) is 6. The van der Waals surface area contributed by atoms with Crippen molar-refractivity contribution >= 4 is 5.97 Å². The second-order valence-electron chi connectivity index (χ2n) is 3.23. The molecule has 2 N–H and O–H groups in total. The Balaban J connectivity index is 3.33. The maximum atomic E-state index is 12.2. The second kappa shape index (κ2) is 5.74. The highest BCUT2D eigenvalue weighted by molar-refractivity contribution is 5.92. The third-order valence-electron chi connectivity index (χ3n) is 2.04. The van der Waals surface area contributed by atoms with E-state index < -0.39 is 18.1 Å². The van der Waals surface area contributed by atoms with Crippen LogP contribution in [0.5, 0.6) is 11.6 Å². The molecule has 0 bridgehead atoms. The third-order valence-corrected chi connectivity index (χ3v) is 2.04. The first-order valence-corrected chi connectivity index (χ1v) is 4.94. The number of halogens is 3. The number of carbonyl (C=O) groups is 1. The van der Waals surface area contributed by atoms with Crippen LogP contribution in [0.2, 0.25) is 0 Å². The van der Waals surface area contributed by atoms with E-state index in [-0.39, 0.29) is 23.7 Å². The van der Waals surface area contributed by atoms with Crippen molar-refractivity contribution in [3.8, 4) is 11.6 Å². The molecule has 106 valence electrons. The molecule has 6 nitrogen and oxygen atoms in total. The molecule has 1 aromatic rings. The van der Waals surface area contributed by atoms with E-state index in [0.717, 1.165) is 13.2 Å². The van der Waals surface area contributed by atoms with E-state index >= 15 is 0 Å². The molecular weight excluding hydrogens is 269 g/mol. The van der Waals surface area contributed by atoms with Gasteiger partial charge >= 0.3 is 12.3 Å². The normalized spacial score (nSPS) is 11.1. The molecule has 0 atom stereocenters. The Kier molecular flexibility index (Phi) is 4.54. The maximum absolute atomic E-state index is 12.2. The monoisotopic (exact) mass is 280 g/mol. The molecule has 1 aromatic heterocycles. The number of nitrogens with two attached hydrogens (primary N) is 1. The molecule has 0 aliphatic heterocycles. The topological polar surface area (TPSA) is 83.7 Å². The third kappa shape index (κ3) is 3.71. The predicted octanol–water partition coefficient (Wildman–Crippen LogP) is 1.23. The molecule has 1 heterocycles. The number of carbonyl (C=O) groups excluding carboxylic acids is 1. The Hall–Kier alpha value is -2.03. The van der Waals surface area contributed by atoms with Gasteiger partial charge in [-0.3, -0.25) is 0 Å². The van der Waals surface area contributed by atoms with Crippen LogP contribution in [0, 0.1) is 0 Å². The lowest BCUT2D eigenvalue weighted by atomic mass is 10.2. The number of methoxy groups -OCH3 is 2. The summed E-state index contributed by atoms with van der Waals surface area (Å²) in [6.07, 6.45) is -4.92. The number of pyridine rings is 1. The highest BCUT2D eigenvalue weighted by atomic mass is 19.4. The Morgan fingerprint density at radius 2 is 2.05 bits per heavy atom. The van der Waals surface area contributed by atoms with E-state index in [1.165, 1.54) is 7.11 Å². The van der Waals surface area contributed by atoms with Gasteiger partial charge < -0.3 is 19.9 Å². The fourth-order valence-electron chi connectivity index (χ4n) is 1.29. The first-order chi connectivity index (χ1) is 8.82. The lowest BCUT2D eigenvalue weighted by Gasteiger charge is -2.14. The zero-order valence-corrected chi connectivity index (χ0v) is 10.1. The van der Waals surface area contributed by atoms with E-state index in [2.05, 4.69) is 14.5 Å². The fraction of sp³-hybridized carbons (Fsp3) is 0.400. The summed E-state index contributed by atoms with van der Waals surface area (Å²) in [5, 5.41) is 0. The quantitative estimate of drug-likeness (QED) is 0.835. The lowest BCUT2D eigenvalue weighted by molar-refractivity contribution is -0.275. The molecule has 0 fully saturated rings. The number of hydrogen-bond donors (Lipinski definition) is 1. The van der Waals surface area contributed by atoms with Gasteiger partial charge in [-0.25, -0.2) is 9.78 Å². The Labute approximate surface area is 106 Å². The second-order valence-corrected chi connectivity index (χ2v) is 3.23. The molecule has 0 amide bonds. The highest BCUT2D eigenvalue weighted by Gasteiger charge is 2.33. The van der Waals surface area contributed by atoms with Crippen molar-refractivity contribution < 1.29 is 32.2 Å². The molecule has 0 aromatic carbocycles. The van der Waals surface area contributed by atoms with Gasteiger partial charge in [0, 0.05) is 12.6 Å². The van der Waals surface area contributed by atoms with E-state index in [0.29, 0.717) is 0 Å². The van der Waals surface area contributed by atoms with Crippen LogP contribution >= 0.6 is 0 Å². The van der Waals surface area contributed by atoms with E-state index in [1.54, 1.807) is 0 Å². The molecule has 0 radical (unpaired) electrons. The van der Waals surface area contributed by atoms with Crippen LogP contribution in [0.4, 0.5) is 13.2 Å². The molecule has 0 aliphatic rings. The van der Waals surface area contributed by atoms with E-state index in [4.69, 9.17) is 10.5 Å². The number of nitrogens with zero attached hydrogens (tertiary/aromatic N) is 1. The SMILES string of the molecule is COC(=O)c1cc(OC(F)(F)F)c(CN)nc1OC. The Morgan fingerprint density at radius 1 is 1.42 bits per heavy atom. The molecule has 9 heteroatoms. The molecular formula is C10H11F3N2O4. The summed E-state index contributed by atoms with van der Waals surface area (Å²) in [4.78, 5) is 15.1. The van der Waals surface area contributed by atoms with Crippen molar-refractivity contribution in [1.29, 1.82) is 0 Å². The van der Waals surface area contributed by atoms with Gasteiger partial charge in [0.05, 0.1) is 14.2 Å². The number of rotatable bonds is 4. The van der Waals surface area contributed by atoms with Gasteiger partial charge in [-0.1, -0.05) is 0 Å². The van der Waals surface area contributed by atoms with Gasteiger partial charge in [-0.2, -0.15) is 0 Å². The van der Waals surface area contributed by atoms with Crippen LogP contribution in [0.1, 0.15) is 16.1 Å². The number of ether oxygens (including phenoxy) is 3. The van der Waals surface area contributed by atoms with Crippen molar-refractivity contribution in [2.75, 3.05) is 14.2 Å². The summed E-state index contributed by atoms with van der Waals surface area (Å²) in [5.74, 6) is -1.77. The van der Waals surface area contributed by atoms with Gasteiger partial charge in [0.25, 0.3) is 0 Å². The Bertz CT molecular complexity index is 477. The van der Waals surface area contributed by atoms with Crippen LogP contribution < -0.4 is 15.2 Å². The van der Waals surface area contributed by atoms with Gasteiger partial charge in [-0.15, -0.1) is 13.2 Å². The van der Waals surface area contributed by atoms with Gasteiger partial charge in [0.2, 0.25) is 5.88 Å². The molecule has 0 saturated carbocycles. The van der Waals surface area contributed by atoms with Crippen LogP contribution in [-0.2, 0) is 11.3 Å². The smallest absolute Gasteiger partial charge is 0.480 e. The predicted molar refractivity (Wildman–Crippen MR) is 56.7 cm³/mol. The maximum Gasteiger partial charge on any atom is 0.573 e. The van der Waals surface area contributed by atoms with E-state index in [9.17, 15) is 18.0 Å². The van der Waals surface area contributed by atoms with Crippen molar-refractivity contribution in [2.24, 2.45) is 5.73 Å². The number of alkyl halides is 3. The molecule has 0 spiro atoms. The molecule has 0 aliphatic carbocycles. The van der Waals surface area contributed by atoms with Gasteiger partial charge in [0.1, 0.15) is 11.3 Å². The fourth-order valence-corrected chi connectivity index (χ4v) is 1.29. The zero-order chi connectivity index (χ0) is 14.6. The van der Waals surface area contributed by atoms with E-state index in [1.807, 2.05) is 0 Å². The molecule has 0 unspecified atom stereocenters. The number of aromatic nitrogens is 1. The first-order valence-electron chi connectivity index (χ1n) is 4.94. The van der Waals surface area contributed by atoms with Crippen molar-refractivity contribution in [3.63, 3.8) is 0 Å². The summed E-state index contributed by atoms with van der Waals surface area (Å²) < 4.78 is 49.6. The summed E-state index contributed by atoms with van der Waals surface area (Å²) in [5.41, 5.74) is 4.79. The minimum Gasteiger partial charge on any atom is -0.480 e. The summed E-state index contributed by atoms with van der Waals surface area (Å²) in [6, 6.07) is 0.827.